The number of carbonyl (C=O) groups excluding carboxylic acids is 1. The second-order valence-electron chi connectivity index (χ2n) is 8.16. The molecule has 1 aliphatic rings. The van der Waals surface area contributed by atoms with Crippen molar-refractivity contribution in [2.75, 3.05) is 13.2 Å². The Bertz CT molecular complexity index is 1060. The summed E-state index contributed by atoms with van der Waals surface area (Å²) in [6.07, 6.45) is 2.17. The molecule has 1 amide bonds. The molecule has 166 valence electrons. The van der Waals surface area contributed by atoms with E-state index in [9.17, 15) is 4.79 Å². The van der Waals surface area contributed by atoms with Crippen LogP contribution in [0.5, 0.6) is 0 Å². The van der Waals surface area contributed by atoms with E-state index in [-0.39, 0.29) is 17.3 Å². The van der Waals surface area contributed by atoms with Gasteiger partial charge in [-0.05, 0) is 33.6 Å². The number of amides is 1. The summed E-state index contributed by atoms with van der Waals surface area (Å²) in [6.45, 7) is 7.29. The predicted molar refractivity (Wildman–Crippen MR) is 127 cm³/mol. The third-order valence-corrected chi connectivity index (χ3v) is 6.45. The third-order valence-electron chi connectivity index (χ3n) is 5.50. The molecule has 1 aliphatic heterocycles. The van der Waals surface area contributed by atoms with Gasteiger partial charge in [-0.15, -0.1) is 10.2 Å². The second-order valence-corrected chi connectivity index (χ2v) is 9.47. The Morgan fingerprint density at radius 1 is 1.03 bits per heavy atom. The van der Waals surface area contributed by atoms with Crippen LogP contribution < -0.4 is 5.32 Å². The Balaban J connectivity index is 1.56. The van der Waals surface area contributed by atoms with Gasteiger partial charge in [0.05, 0.1) is 11.4 Å². The molecule has 4 rings (SSSR count). The van der Waals surface area contributed by atoms with Crippen molar-refractivity contribution in [1.82, 2.24) is 20.5 Å². The molecule has 2 atom stereocenters. The van der Waals surface area contributed by atoms with Gasteiger partial charge in [-0.25, -0.2) is 4.98 Å². The zero-order valence-electron chi connectivity index (χ0n) is 18.7. The molecule has 0 saturated carbocycles. The highest BCUT2D eigenvalue weighted by Crippen LogP contribution is 2.31. The first kappa shape index (κ1) is 22.4. The number of carbonyl (C=O) groups is 1. The SMILES string of the molecule is Cc1ccc(-c2nnc(S[C@H](C)C(=O)NC[C@H]3CCCO3)nc2-c2ccc(C)cc2)cc1. The highest BCUT2D eigenvalue weighted by atomic mass is 32.2. The van der Waals surface area contributed by atoms with E-state index in [1.54, 1.807) is 0 Å². The summed E-state index contributed by atoms with van der Waals surface area (Å²) in [4.78, 5) is 17.4. The summed E-state index contributed by atoms with van der Waals surface area (Å²) in [7, 11) is 0. The van der Waals surface area contributed by atoms with Crippen molar-refractivity contribution in [3.05, 3.63) is 59.7 Å². The van der Waals surface area contributed by atoms with Gasteiger partial charge < -0.3 is 10.1 Å². The maximum atomic E-state index is 12.6. The summed E-state index contributed by atoms with van der Waals surface area (Å²) in [6, 6.07) is 16.4. The zero-order chi connectivity index (χ0) is 22.5. The van der Waals surface area contributed by atoms with Crippen molar-refractivity contribution in [2.24, 2.45) is 0 Å². The monoisotopic (exact) mass is 448 g/mol. The number of nitrogens with zero attached hydrogens (tertiary/aromatic N) is 3. The highest BCUT2D eigenvalue weighted by molar-refractivity contribution is 8.00. The largest absolute Gasteiger partial charge is 0.376 e. The lowest BCUT2D eigenvalue weighted by Crippen LogP contribution is -2.36. The third kappa shape index (κ3) is 5.53. The van der Waals surface area contributed by atoms with E-state index in [1.165, 1.54) is 22.9 Å². The number of nitrogens with one attached hydrogen (secondary N) is 1. The van der Waals surface area contributed by atoms with Crippen molar-refractivity contribution in [3.63, 3.8) is 0 Å². The number of benzene rings is 2. The van der Waals surface area contributed by atoms with Crippen molar-refractivity contribution in [1.29, 1.82) is 0 Å². The molecular weight excluding hydrogens is 420 g/mol. The number of hydrogen-bond acceptors (Lipinski definition) is 6. The normalized spacial score (nSPS) is 16.7. The summed E-state index contributed by atoms with van der Waals surface area (Å²) < 4.78 is 5.58. The fourth-order valence-electron chi connectivity index (χ4n) is 3.55. The van der Waals surface area contributed by atoms with Crippen molar-refractivity contribution < 1.29 is 9.53 Å². The lowest BCUT2D eigenvalue weighted by Gasteiger charge is -2.15. The van der Waals surface area contributed by atoms with Crippen LogP contribution >= 0.6 is 11.8 Å². The number of hydrogen-bond donors (Lipinski definition) is 1. The van der Waals surface area contributed by atoms with Gasteiger partial charge in [0, 0.05) is 24.3 Å². The van der Waals surface area contributed by atoms with Gasteiger partial charge >= 0.3 is 0 Å². The Morgan fingerprint density at radius 2 is 1.66 bits per heavy atom. The Labute approximate surface area is 193 Å². The summed E-state index contributed by atoms with van der Waals surface area (Å²) in [5.74, 6) is -0.0476. The zero-order valence-corrected chi connectivity index (χ0v) is 19.5. The molecule has 0 unspecified atom stereocenters. The van der Waals surface area contributed by atoms with E-state index in [1.807, 2.05) is 31.2 Å². The molecule has 2 heterocycles. The highest BCUT2D eigenvalue weighted by Gasteiger charge is 2.21. The molecule has 1 N–H and O–H groups in total. The van der Waals surface area contributed by atoms with Crippen molar-refractivity contribution in [2.45, 2.75) is 50.1 Å². The van der Waals surface area contributed by atoms with Crippen LogP contribution in [0.15, 0.2) is 53.7 Å². The van der Waals surface area contributed by atoms with Gasteiger partial charge in [0.2, 0.25) is 11.1 Å². The van der Waals surface area contributed by atoms with Crippen LogP contribution in [-0.2, 0) is 9.53 Å². The van der Waals surface area contributed by atoms with Gasteiger partial charge in [0.1, 0.15) is 11.4 Å². The maximum absolute atomic E-state index is 12.6. The fourth-order valence-corrected chi connectivity index (χ4v) is 4.29. The smallest absolute Gasteiger partial charge is 0.233 e. The minimum absolute atomic E-state index is 0.0476. The standard InChI is InChI=1S/C25H28N4O2S/c1-16-6-10-19(11-7-16)22-23(20-12-8-17(2)9-13-20)28-29-25(27-22)32-18(3)24(30)26-15-21-5-4-14-31-21/h6-13,18,21H,4-5,14-15H2,1-3H3,(H,26,30)/t18-,21-/m1/s1. The molecule has 7 heteroatoms. The number of thioether (sulfide) groups is 1. The van der Waals surface area contributed by atoms with Gasteiger partial charge in [-0.3, -0.25) is 4.79 Å². The molecule has 32 heavy (non-hydrogen) atoms. The molecule has 0 aliphatic carbocycles. The number of rotatable bonds is 7. The van der Waals surface area contributed by atoms with Crippen LogP contribution in [0.2, 0.25) is 0 Å². The van der Waals surface area contributed by atoms with E-state index in [0.717, 1.165) is 42.0 Å². The van der Waals surface area contributed by atoms with Crippen LogP contribution in [-0.4, -0.2) is 45.6 Å². The quantitative estimate of drug-likeness (QED) is 0.533. The molecular formula is C25H28N4O2S. The molecule has 0 spiro atoms. The molecule has 0 bridgehead atoms. The lowest BCUT2D eigenvalue weighted by molar-refractivity contribution is -0.120. The van der Waals surface area contributed by atoms with Crippen LogP contribution in [0, 0.1) is 13.8 Å². The number of aryl methyl sites for hydroxylation is 2. The van der Waals surface area contributed by atoms with Gasteiger partial charge in [0.25, 0.3) is 0 Å². The van der Waals surface area contributed by atoms with Gasteiger partial charge in [0.15, 0.2) is 0 Å². The first-order valence-corrected chi connectivity index (χ1v) is 11.8. The lowest BCUT2D eigenvalue weighted by atomic mass is 10.0. The number of aromatic nitrogens is 3. The topological polar surface area (TPSA) is 77.0 Å². The average Bonchev–Trinajstić information content (AvgIpc) is 3.32. The summed E-state index contributed by atoms with van der Waals surface area (Å²) in [5.41, 5.74) is 5.79. The molecule has 2 aromatic carbocycles. The van der Waals surface area contributed by atoms with Crippen LogP contribution in [0.3, 0.4) is 0 Å². The van der Waals surface area contributed by atoms with Crippen LogP contribution in [0.25, 0.3) is 22.5 Å². The molecule has 6 nitrogen and oxygen atoms in total. The van der Waals surface area contributed by atoms with E-state index < -0.39 is 0 Å². The number of ether oxygens (including phenoxy) is 1. The Kier molecular flexibility index (Phi) is 7.17. The predicted octanol–water partition coefficient (Wildman–Crippen LogP) is 4.60. The molecule has 1 aromatic heterocycles. The minimum Gasteiger partial charge on any atom is -0.376 e. The second kappa shape index (κ2) is 10.2. The van der Waals surface area contributed by atoms with Crippen LogP contribution in [0.4, 0.5) is 0 Å². The summed E-state index contributed by atoms with van der Waals surface area (Å²) >= 11 is 1.31. The summed E-state index contributed by atoms with van der Waals surface area (Å²) in [5, 5.41) is 12.0. The van der Waals surface area contributed by atoms with E-state index >= 15 is 0 Å². The average molecular weight is 449 g/mol. The van der Waals surface area contributed by atoms with E-state index in [4.69, 9.17) is 9.72 Å². The van der Waals surface area contributed by atoms with Crippen molar-refractivity contribution >= 4 is 17.7 Å². The first-order chi connectivity index (χ1) is 15.5. The Morgan fingerprint density at radius 3 is 2.25 bits per heavy atom. The van der Waals surface area contributed by atoms with Crippen LogP contribution in [0.1, 0.15) is 30.9 Å². The molecule has 0 radical (unpaired) electrons. The van der Waals surface area contributed by atoms with E-state index in [2.05, 4.69) is 53.6 Å². The fraction of sp³-hybridized carbons (Fsp3) is 0.360. The molecule has 1 fully saturated rings. The van der Waals surface area contributed by atoms with E-state index in [0.29, 0.717) is 11.7 Å². The maximum Gasteiger partial charge on any atom is 0.233 e. The molecule has 1 saturated heterocycles. The van der Waals surface area contributed by atoms with Gasteiger partial charge in [-0.1, -0.05) is 71.4 Å². The first-order valence-electron chi connectivity index (χ1n) is 10.9. The Hall–Kier alpha value is -2.77. The van der Waals surface area contributed by atoms with Crippen molar-refractivity contribution in [3.8, 4) is 22.5 Å². The molecule has 3 aromatic rings. The minimum atomic E-state index is -0.339. The van der Waals surface area contributed by atoms with Gasteiger partial charge in [-0.2, -0.15) is 0 Å².